The molecule has 0 unspecified atom stereocenters. The summed E-state index contributed by atoms with van der Waals surface area (Å²) in [4.78, 5) is 21.6. The topological polar surface area (TPSA) is 72.4 Å². The van der Waals surface area contributed by atoms with Crippen LogP contribution in [0.15, 0.2) is 23.1 Å². The number of imidazole rings is 1. The molecule has 0 radical (unpaired) electrons. The van der Waals surface area contributed by atoms with Gasteiger partial charge in [-0.05, 0) is 75.2 Å². The lowest BCUT2D eigenvalue weighted by Crippen LogP contribution is -2.25. The number of nitrogens with one attached hydrogen (secondary N) is 1. The number of aromatic amines is 1. The zero-order chi connectivity index (χ0) is 25.3. The molecule has 0 bridgehead atoms. The van der Waals surface area contributed by atoms with Crippen LogP contribution >= 0.6 is 11.9 Å². The molecule has 7 nitrogen and oxygen atoms in total. The summed E-state index contributed by atoms with van der Waals surface area (Å²) in [5, 5.41) is 0. The minimum Gasteiger partial charge on any atom is -0.461 e. The zero-order valence-corrected chi connectivity index (χ0v) is 22.8. The summed E-state index contributed by atoms with van der Waals surface area (Å²) in [5.74, 6) is 1.44. The van der Waals surface area contributed by atoms with E-state index in [-0.39, 0.29) is 11.4 Å². The highest BCUT2D eigenvalue weighted by Crippen LogP contribution is 2.36. The fourth-order valence-electron chi connectivity index (χ4n) is 4.73. The number of anilines is 1. The van der Waals surface area contributed by atoms with Crippen LogP contribution in [0, 0.1) is 19.8 Å². The Bertz CT molecular complexity index is 1200. The van der Waals surface area contributed by atoms with Crippen LogP contribution in [-0.2, 0) is 21.4 Å². The molecule has 4 rings (SSSR count). The van der Waals surface area contributed by atoms with Crippen molar-refractivity contribution in [1.29, 1.82) is 0 Å². The van der Waals surface area contributed by atoms with Gasteiger partial charge in [-0.15, -0.1) is 0 Å². The molecule has 1 aromatic carbocycles. The van der Waals surface area contributed by atoms with Gasteiger partial charge in [0.05, 0.1) is 22.5 Å². The van der Waals surface area contributed by atoms with Crippen molar-refractivity contribution >= 4 is 34.6 Å². The average Bonchev–Trinajstić information content (AvgIpc) is 3.32. The Labute approximate surface area is 212 Å². The van der Waals surface area contributed by atoms with E-state index in [0.717, 1.165) is 65.8 Å². The predicted molar refractivity (Wildman–Crippen MR) is 142 cm³/mol. The van der Waals surface area contributed by atoms with Crippen LogP contribution in [-0.4, -0.2) is 47.4 Å². The van der Waals surface area contributed by atoms with Gasteiger partial charge < -0.3 is 23.3 Å². The second-order valence-electron chi connectivity index (χ2n) is 10.4. The number of rotatable bonds is 7. The smallest absolute Gasteiger partial charge is 0.355 e. The Morgan fingerprint density at radius 3 is 2.66 bits per heavy atom. The van der Waals surface area contributed by atoms with Crippen molar-refractivity contribution in [1.82, 2.24) is 14.5 Å². The highest BCUT2D eigenvalue weighted by molar-refractivity contribution is 8.00. The van der Waals surface area contributed by atoms with Crippen molar-refractivity contribution in [3.05, 3.63) is 41.0 Å². The fourth-order valence-corrected chi connectivity index (χ4v) is 5.65. The molecule has 1 aliphatic rings. The number of H-pyrrole nitrogens is 1. The van der Waals surface area contributed by atoms with E-state index in [1.807, 2.05) is 27.8 Å². The number of nitrogens with zero attached hydrogens (tertiary/aromatic N) is 3. The van der Waals surface area contributed by atoms with Crippen LogP contribution in [0.4, 0.5) is 5.69 Å². The van der Waals surface area contributed by atoms with Crippen molar-refractivity contribution in [2.24, 2.45) is 5.92 Å². The second kappa shape index (κ2) is 10.3. The highest BCUT2D eigenvalue weighted by atomic mass is 32.2. The van der Waals surface area contributed by atoms with Gasteiger partial charge in [-0.25, -0.2) is 9.78 Å². The van der Waals surface area contributed by atoms with Gasteiger partial charge in [-0.2, -0.15) is 0 Å². The maximum Gasteiger partial charge on any atom is 0.355 e. The number of hydrogen-bond acceptors (Lipinski definition) is 6. The van der Waals surface area contributed by atoms with Gasteiger partial charge in [0, 0.05) is 43.6 Å². The lowest BCUT2D eigenvalue weighted by atomic mass is 9.94. The lowest BCUT2D eigenvalue weighted by molar-refractivity contribution is 0.0519. The second-order valence-corrected chi connectivity index (χ2v) is 11.6. The third kappa shape index (κ3) is 5.38. The summed E-state index contributed by atoms with van der Waals surface area (Å²) < 4.78 is 15.3. The molecule has 8 heteroatoms. The number of carbonyl (C=O) groups excluding carboxylic acids is 1. The van der Waals surface area contributed by atoms with E-state index in [9.17, 15) is 4.79 Å². The number of benzene rings is 1. The molecule has 190 valence electrons. The summed E-state index contributed by atoms with van der Waals surface area (Å²) in [6, 6.07) is 6.53. The molecule has 0 aliphatic carbocycles. The number of fused-ring (bicyclic) bond motifs is 1. The van der Waals surface area contributed by atoms with E-state index in [2.05, 4.69) is 52.8 Å². The maximum atomic E-state index is 12.3. The largest absolute Gasteiger partial charge is 0.461 e. The van der Waals surface area contributed by atoms with Crippen LogP contribution in [0.25, 0.3) is 11.0 Å². The van der Waals surface area contributed by atoms with Gasteiger partial charge in [0.15, 0.2) is 0 Å². The number of esters is 1. The van der Waals surface area contributed by atoms with E-state index in [1.54, 1.807) is 11.9 Å². The van der Waals surface area contributed by atoms with E-state index in [0.29, 0.717) is 18.2 Å². The first kappa shape index (κ1) is 25.6. The van der Waals surface area contributed by atoms with Crippen LogP contribution in [0.1, 0.15) is 68.1 Å². The van der Waals surface area contributed by atoms with Crippen molar-refractivity contribution in [2.45, 2.75) is 71.2 Å². The molecule has 35 heavy (non-hydrogen) atoms. The number of carbonyl (C=O) groups is 1. The zero-order valence-electron chi connectivity index (χ0n) is 22.0. The molecule has 1 saturated heterocycles. The quantitative estimate of drug-likeness (QED) is 0.317. The summed E-state index contributed by atoms with van der Waals surface area (Å²) in [6.45, 7) is 15.5. The first-order valence-corrected chi connectivity index (χ1v) is 13.2. The first-order valence-electron chi connectivity index (χ1n) is 12.5. The van der Waals surface area contributed by atoms with Crippen molar-refractivity contribution < 1.29 is 14.3 Å². The number of aryl methyl sites for hydroxylation is 1. The van der Waals surface area contributed by atoms with Crippen LogP contribution in [0.5, 0.6) is 0 Å². The molecule has 0 saturated carbocycles. The van der Waals surface area contributed by atoms with Crippen molar-refractivity contribution in [2.75, 3.05) is 31.2 Å². The Morgan fingerprint density at radius 1 is 1.29 bits per heavy atom. The average molecular weight is 499 g/mol. The summed E-state index contributed by atoms with van der Waals surface area (Å²) in [5.41, 5.74) is 5.61. The molecule has 0 spiro atoms. The summed E-state index contributed by atoms with van der Waals surface area (Å²) in [7, 11) is 2.05. The Morgan fingerprint density at radius 2 is 2.00 bits per heavy atom. The molecule has 1 fully saturated rings. The number of ether oxygens (including phenoxy) is 2. The molecular formula is C27H38N4O3S. The predicted octanol–water partition coefficient (Wildman–Crippen LogP) is 6.03. The van der Waals surface area contributed by atoms with Gasteiger partial charge in [0.2, 0.25) is 0 Å². The Hall–Kier alpha value is -2.45. The third-order valence-corrected chi connectivity index (χ3v) is 7.90. The number of hydrogen-bond donors (Lipinski definition) is 1. The van der Waals surface area contributed by atoms with Gasteiger partial charge in [0.1, 0.15) is 11.5 Å². The van der Waals surface area contributed by atoms with Crippen LogP contribution in [0.2, 0.25) is 0 Å². The third-order valence-electron chi connectivity index (χ3n) is 6.62. The minimum absolute atomic E-state index is 0.0478. The van der Waals surface area contributed by atoms with E-state index in [1.165, 1.54) is 5.52 Å². The van der Waals surface area contributed by atoms with Gasteiger partial charge in [-0.3, -0.25) is 0 Å². The lowest BCUT2D eigenvalue weighted by Gasteiger charge is -2.26. The Balaban J connectivity index is 1.63. The van der Waals surface area contributed by atoms with Crippen LogP contribution in [0.3, 0.4) is 0 Å². The molecule has 2 aromatic heterocycles. The molecular weight excluding hydrogens is 460 g/mol. The molecule has 1 aliphatic heterocycles. The van der Waals surface area contributed by atoms with E-state index in [4.69, 9.17) is 14.5 Å². The van der Waals surface area contributed by atoms with E-state index < -0.39 is 0 Å². The van der Waals surface area contributed by atoms with Crippen LogP contribution < -0.4 is 4.31 Å². The first-order chi connectivity index (χ1) is 16.6. The number of aromatic nitrogens is 3. The highest BCUT2D eigenvalue weighted by Gasteiger charge is 2.26. The summed E-state index contributed by atoms with van der Waals surface area (Å²) in [6.07, 6.45) is 2.20. The van der Waals surface area contributed by atoms with Crippen molar-refractivity contribution in [3.63, 3.8) is 0 Å². The molecule has 0 amide bonds. The van der Waals surface area contributed by atoms with E-state index >= 15 is 0 Å². The SMILES string of the molecule is CCOC(=O)c1[nH]c(C)c(SN(C)c2ccc3c(c2)nc(C(C)(C)C)n3CC2CCOCC2)c1C. The summed E-state index contributed by atoms with van der Waals surface area (Å²) >= 11 is 1.61. The fraction of sp³-hybridized carbons (Fsp3) is 0.556. The van der Waals surface area contributed by atoms with Crippen molar-refractivity contribution in [3.8, 4) is 0 Å². The van der Waals surface area contributed by atoms with Gasteiger partial charge >= 0.3 is 5.97 Å². The maximum absolute atomic E-state index is 12.3. The monoisotopic (exact) mass is 498 g/mol. The molecule has 3 heterocycles. The Kier molecular flexibility index (Phi) is 7.52. The van der Waals surface area contributed by atoms with Gasteiger partial charge in [0.25, 0.3) is 0 Å². The standard InChI is InChI=1S/C27H38N4O3S/c1-8-34-25(32)23-17(2)24(18(3)28-23)35-30(7)20-9-10-22-21(15-20)29-26(27(4,5)6)31(22)16-19-11-13-33-14-12-19/h9-10,15,19,28H,8,11-14,16H2,1-7H3. The molecule has 3 aromatic rings. The normalized spacial score (nSPS) is 15.1. The molecule has 1 N–H and O–H groups in total. The minimum atomic E-state index is -0.311. The molecule has 0 atom stereocenters. The van der Waals surface area contributed by atoms with Gasteiger partial charge in [-0.1, -0.05) is 20.8 Å².